The summed E-state index contributed by atoms with van der Waals surface area (Å²) >= 11 is 0. The molecular formula is C39H44F2O7. The molecule has 5 aliphatic rings. The third kappa shape index (κ3) is 4.57. The number of alkyl halides is 2. The second-order valence-electron chi connectivity index (χ2n) is 15.5. The van der Waals surface area contributed by atoms with Gasteiger partial charge in [-0.3, -0.25) is 9.59 Å². The number of aliphatic hydroxyl groups is 2. The fourth-order valence-corrected chi connectivity index (χ4v) is 10.1. The number of hydrogen-bond acceptors (Lipinski definition) is 7. The van der Waals surface area contributed by atoms with Crippen LogP contribution in [0.2, 0.25) is 0 Å². The Labute approximate surface area is 279 Å². The Morgan fingerprint density at radius 2 is 1.83 bits per heavy atom. The minimum absolute atomic E-state index is 0.0230. The Morgan fingerprint density at radius 3 is 2.54 bits per heavy atom. The summed E-state index contributed by atoms with van der Waals surface area (Å²) in [7, 11) is 0. The largest absolute Gasteiger partial charge is 0.508 e. The third-order valence-corrected chi connectivity index (χ3v) is 12.3. The Hall–Kier alpha value is -3.24. The van der Waals surface area contributed by atoms with Gasteiger partial charge in [-0.05, 0) is 84.9 Å². The van der Waals surface area contributed by atoms with E-state index in [9.17, 15) is 24.9 Å². The summed E-state index contributed by atoms with van der Waals surface area (Å²) < 4.78 is 46.4. The van der Waals surface area contributed by atoms with E-state index in [4.69, 9.17) is 9.47 Å². The summed E-state index contributed by atoms with van der Waals surface area (Å²) in [5.74, 6) is -2.18. The molecule has 3 N–H and O–H groups in total. The van der Waals surface area contributed by atoms with Crippen molar-refractivity contribution in [2.45, 2.75) is 95.7 Å². The molecule has 0 unspecified atom stereocenters. The number of Topliss-reactive ketones (excluding diaryl/α,β-unsaturated/α-hetero) is 1. The molecule has 0 aromatic heterocycles. The summed E-state index contributed by atoms with van der Waals surface area (Å²) in [6.07, 6.45) is -0.361. The molecule has 1 heterocycles. The Balaban J connectivity index is 1.19. The van der Waals surface area contributed by atoms with E-state index in [0.717, 1.165) is 18.1 Å². The average Bonchev–Trinajstić information content (AvgIpc) is 3.53. The fraction of sp³-hybridized carbons (Fsp3) is 0.538. The molecule has 7 rings (SSSR count). The molecule has 0 spiro atoms. The molecular weight excluding hydrogens is 618 g/mol. The van der Waals surface area contributed by atoms with E-state index >= 15 is 8.78 Å². The molecule has 2 aromatic rings. The van der Waals surface area contributed by atoms with E-state index in [1.807, 2.05) is 12.1 Å². The quantitative estimate of drug-likeness (QED) is 0.342. The summed E-state index contributed by atoms with van der Waals surface area (Å²) in [4.78, 5) is 26.0. The molecule has 0 bridgehead atoms. The molecule has 4 aliphatic carbocycles. The van der Waals surface area contributed by atoms with Crippen LogP contribution in [0.25, 0.3) is 0 Å². The zero-order valence-electron chi connectivity index (χ0n) is 27.8. The first-order chi connectivity index (χ1) is 22.7. The van der Waals surface area contributed by atoms with Crippen LogP contribution in [0.15, 0.2) is 66.3 Å². The lowest BCUT2D eigenvalue weighted by molar-refractivity contribution is -0.235. The number of fused-ring (bicyclic) bond motifs is 7. The summed E-state index contributed by atoms with van der Waals surface area (Å²) in [5, 5.41) is 33.0. The minimum Gasteiger partial charge on any atom is -0.508 e. The van der Waals surface area contributed by atoms with Gasteiger partial charge in [0.1, 0.15) is 18.5 Å². The van der Waals surface area contributed by atoms with Gasteiger partial charge in [0.15, 0.2) is 29.1 Å². The first-order valence-electron chi connectivity index (χ1n) is 17.0. The van der Waals surface area contributed by atoms with Crippen molar-refractivity contribution in [3.63, 3.8) is 0 Å². The van der Waals surface area contributed by atoms with Gasteiger partial charge in [0.25, 0.3) is 0 Å². The van der Waals surface area contributed by atoms with Crippen LogP contribution in [0.3, 0.4) is 0 Å². The molecule has 9 heteroatoms. The van der Waals surface area contributed by atoms with Gasteiger partial charge in [-0.1, -0.05) is 63.2 Å². The van der Waals surface area contributed by atoms with Crippen molar-refractivity contribution in [2.75, 3.05) is 6.61 Å². The summed E-state index contributed by atoms with van der Waals surface area (Å²) in [5.41, 5.74) is -3.35. The predicted molar refractivity (Wildman–Crippen MR) is 173 cm³/mol. The molecule has 2 aromatic carbocycles. The molecule has 10 atom stereocenters. The zero-order chi connectivity index (χ0) is 34.4. The monoisotopic (exact) mass is 662 g/mol. The standard InChI is InChI=1S/C39H44F2O7/c1-21(2)12-22-6-5-7-23(13-22)14-24-8-9-25(15-31(24)44)35-47-34-18-27-28-17-30(40)29-16-26(43)10-11-36(29,3)38(28,41)32(45)19-37(27,4)39(34,48-35)33(46)20-42/h5-11,13,15-16,21,27-28,30,32,34-35,42,44-45H,12,14,17-20H2,1-4H3/t27-,28-,30-,32-,34+,35+,36-,37-,38-,39+/m0/s1. The fourth-order valence-electron chi connectivity index (χ4n) is 10.1. The average molecular weight is 663 g/mol. The van der Waals surface area contributed by atoms with Crippen LogP contribution in [0.5, 0.6) is 5.75 Å². The number of carbonyl (C=O) groups is 2. The van der Waals surface area contributed by atoms with Crippen molar-refractivity contribution >= 4 is 11.6 Å². The van der Waals surface area contributed by atoms with Crippen LogP contribution in [0.4, 0.5) is 8.78 Å². The van der Waals surface area contributed by atoms with Gasteiger partial charge in [0.2, 0.25) is 0 Å². The number of rotatable bonds is 7. The number of hydrogen-bond donors (Lipinski definition) is 3. The lowest BCUT2D eigenvalue weighted by atomic mass is 9.44. The van der Waals surface area contributed by atoms with Gasteiger partial charge in [-0.25, -0.2) is 8.78 Å². The van der Waals surface area contributed by atoms with Crippen LogP contribution < -0.4 is 0 Å². The minimum atomic E-state index is -2.32. The zero-order valence-corrected chi connectivity index (χ0v) is 27.8. The Morgan fingerprint density at radius 1 is 1.08 bits per heavy atom. The maximum Gasteiger partial charge on any atom is 0.193 e. The van der Waals surface area contributed by atoms with E-state index in [0.29, 0.717) is 23.5 Å². The molecule has 1 aliphatic heterocycles. The molecule has 4 fully saturated rings. The number of benzene rings is 2. The highest BCUT2D eigenvalue weighted by molar-refractivity contribution is 6.01. The van der Waals surface area contributed by atoms with Gasteiger partial charge in [0, 0.05) is 28.7 Å². The van der Waals surface area contributed by atoms with Crippen molar-refractivity contribution in [1.29, 1.82) is 0 Å². The van der Waals surface area contributed by atoms with Crippen LogP contribution in [-0.4, -0.2) is 63.1 Å². The number of phenolic OH excluding ortho intramolecular Hbond substituents is 1. The number of halogens is 2. The Kier molecular flexibility index (Phi) is 7.90. The van der Waals surface area contributed by atoms with Crippen molar-refractivity contribution < 1.29 is 43.2 Å². The lowest BCUT2D eigenvalue weighted by Gasteiger charge is -2.63. The number of aliphatic hydroxyl groups excluding tert-OH is 2. The van der Waals surface area contributed by atoms with E-state index < -0.39 is 76.8 Å². The normalized spacial score (nSPS) is 39.9. The lowest BCUT2D eigenvalue weighted by Crippen LogP contribution is -2.70. The molecule has 0 radical (unpaired) electrons. The number of ether oxygens (including phenoxy) is 2. The van der Waals surface area contributed by atoms with Gasteiger partial charge in [-0.15, -0.1) is 0 Å². The molecule has 7 nitrogen and oxygen atoms in total. The SMILES string of the molecule is CC(C)Cc1cccc(Cc2ccc([C@@H]3O[C@@H]4C[C@H]5[C@@H]6C[C@H](F)C7=CC(=O)C=C[C@]7(C)[C@@]6(F)[C@@H](O)C[C@]5(C)[C@]4(C(=O)CO)O3)cc2O)c1. The van der Waals surface area contributed by atoms with E-state index in [1.54, 1.807) is 25.1 Å². The topological polar surface area (TPSA) is 113 Å². The number of aromatic hydroxyl groups is 1. The highest BCUT2D eigenvalue weighted by Crippen LogP contribution is 2.72. The molecule has 256 valence electrons. The molecule has 48 heavy (non-hydrogen) atoms. The van der Waals surface area contributed by atoms with Crippen LogP contribution in [0, 0.1) is 28.6 Å². The maximum absolute atomic E-state index is 17.6. The second kappa shape index (κ2) is 11.4. The first kappa shape index (κ1) is 33.3. The number of carbonyl (C=O) groups excluding carboxylic acids is 2. The van der Waals surface area contributed by atoms with Crippen LogP contribution in [0.1, 0.15) is 75.5 Å². The summed E-state index contributed by atoms with van der Waals surface area (Å²) in [6.45, 7) is 6.75. The van der Waals surface area contributed by atoms with Crippen molar-refractivity contribution in [3.05, 3.63) is 88.5 Å². The van der Waals surface area contributed by atoms with Gasteiger partial charge >= 0.3 is 0 Å². The maximum atomic E-state index is 17.6. The van der Waals surface area contributed by atoms with Crippen molar-refractivity contribution in [3.8, 4) is 5.75 Å². The van der Waals surface area contributed by atoms with Crippen LogP contribution >= 0.6 is 0 Å². The molecule has 1 saturated heterocycles. The molecule has 0 amide bonds. The third-order valence-electron chi connectivity index (χ3n) is 12.3. The van der Waals surface area contributed by atoms with Gasteiger partial charge in [0.05, 0.1) is 12.2 Å². The Bertz CT molecular complexity index is 1720. The molecule has 3 saturated carbocycles. The van der Waals surface area contributed by atoms with E-state index in [1.165, 1.54) is 24.6 Å². The smallest absolute Gasteiger partial charge is 0.193 e. The predicted octanol–water partition coefficient (Wildman–Crippen LogP) is 5.82. The van der Waals surface area contributed by atoms with Crippen LogP contribution in [-0.2, 0) is 31.9 Å². The number of phenols is 1. The number of ketones is 2. The van der Waals surface area contributed by atoms with Gasteiger partial charge < -0.3 is 24.8 Å². The summed E-state index contributed by atoms with van der Waals surface area (Å²) in [6, 6.07) is 13.4. The number of allylic oxidation sites excluding steroid dienone is 4. The highest BCUT2D eigenvalue weighted by atomic mass is 19.1. The van der Waals surface area contributed by atoms with Gasteiger partial charge in [-0.2, -0.15) is 0 Å². The second-order valence-corrected chi connectivity index (χ2v) is 15.5. The van der Waals surface area contributed by atoms with E-state index in [2.05, 4.69) is 26.0 Å². The first-order valence-corrected chi connectivity index (χ1v) is 17.0. The van der Waals surface area contributed by atoms with Crippen molar-refractivity contribution in [2.24, 2.45) is 28.6 Å². The van der Waals surface area contributed by atoms with E-state index in [-0.39, 0.29) is 30.6 Å². The van der Waals surface area contributed by atoms with Crippen molar-refractivity contribution in [1.82, 2.24) is 0 Å². The highest BCUT2D eigenvalue weighted by Gasteiger charge is 2.80.